The Kier molecular flexibility index (Phi) is 7.01. The standard InChI is InChI=1S/C32H24ClN5O4S/c33-25-8-3-9-26(18-25)43(41,42)38-29-12-10-21(19-4-1-6-23(14-19)31(34)36-39)16-27(29)28-17-22(11-13-30(28)38)20-5-2-7-24(15-20)32(35)37-40/h1-18,39-40H,(H2,34,36)(H2,35,37). The van der Waals surface area contributed by atoms with E-state index in [2.05, 4.69) is 10.3 Å². The van der Waals surface area contributed by atoms with E-state index in [1.165, 1.54) is 16.1 Å². The van der Waals surface area contributed by atoms with Gasteiger partial charge in [-0.1, -0.05) is 76.5 Å². The normalized spacial score (nSPS) is 12.7. The molecule has 0 aliphatic carbocycles. The number of amidine groups is 2. The van der Waals surface area contributed by atoms with Gasteiger partial charge in [0.25, 0.3) is 10.0 Å². The van der Waals surface area contributed by atoms with E-state index in [1.54, 1.807) is 60.7 Å². The fraction of sp³-hybridized carbons (Fsp3) is 0. The van der Waals surface area contributed by atoms with Crippen LogP contribution in [-0.4, -0.2) is 34.5 Å². The van der Waals surface area contributed by atoms with Crippen LogP contribution >= 0.6 is 11.6 Å². The van der Waals surface area contributed by atoms with Gasteiger partial charge in [0.2, 0.25) is 0 Å². The Bertz CT molecular complexity index is 2110. The molecule has 43 heavy (non-hydrogen) atoms. The molecule has 9 nitrogen and oxygen atoms in total. The zero-order chi connectivity index (χ0) is 30.3. The molecule has 0 fully saturated rings. The molecular weight excluding hydrogens is 586 g/mol. The Morgan fingerprint density at radius 3 is 1.56 bits per heavy atom. The van der Waals surface area contributed by atoms with Crippen LogP contribution in [0, 0.1) is 0 Å². The molecule has 6 aromatic rings. The van der Waals surface area contributed by atoms with Crippen LogP contribution in [0.15, 0.2) is 124 Å². The Balaban J connectivity index is 1.63. The number of benzene rings is 5. The third-order valence-corrected chi connectivity index (χ3v) is 9.21. The molecule has 0 amide bonds. The zero-order valence-corrected chi connectivity index (χ0v) is 24.0. The minimum absolute atomic E-state index is 0.0223. The molecule has 11 heteroatoms. The molecule has 0 aliphatic heterocycles. The van der Waals surface area contributed by atoms with Gasteiger partial charge >= 0.3 is 0 Å². The van der Waals surface area contributed by atoms with Gasteiger partial charge in [-0.05, 0) is 76.9 Å². The maximum atomic E-state index is 14.1. The van der Waals surface area contributed by atoms with Gasteiger partial charge in [-0.2, -0.15) is 0 Å². The molecule has 0 unspecified atom stereocenters. The Morgan fingerprint density at radius 1 is 0.628 bits per heavy atom. The number of fused-ring (bicyclic) bond motifs is 3. The lowest BCUT2D eigenvalue weighted by molar-refractivity contribution is 0.318. The summed E-state index contributed by atoms with van der Waals surface area (Å²) in [7, 11) is -4.06. The van der Waals surface area contributed by atoms with Gasteiger partial charge in [0.15, 0.2) is 11.7 Å². The van der Waals surface area contributed by atoms with Crippen LogP contribution in [0.3, 0.4) is 0 Å². The molecule has 0 aliphatic rings. The van der Waals surface area contributed by atoms with Crippen molar-refractivity contribution in [1.29, 1.82) is 0 Å². The maximum absolute atomic E-state index is 14.1. The molecule has 5 aromatic carbocycles. The van der Waals surface area contributed by atoms with Crippen LogP contribution in [0.5, 0.6) is 0 Å². The zero-order valence-electron chi connectivity index (χ0n) is 22.4. The average Bonchev–Trinajstić information content (AvgIpc) is 3.38. The lowest BCUT2D eigenvalue weighted by Gasteiger charge is -2.11. The van der Waals surface area contributed by atoms with Gasteiger partial charge in [0.05, 0.1) is 15.9 Å². The summed E-state index contributed by atoms with van der Waals surface area (Å²) in [5, 5.41) is 26.2. The minimum atomic E-state index is -4.06. The molecule has 6 rings (SSSR count). The number of nitrogens with zero attached hydrogens (tertiary/aromatic N) is 3. The van der Waals surface area contributed by atoms with Crippen molar-refractivity contribution in [2.45, 2.75) is 4.90 Å². The molecule has 0 saturated heterocycles. The topological polar surface area (TPSA) is 156 Å². The summed E-state index contributed by atoms with van der Waals surface area (Å²) >= 11 is 6.18. The number of nitrogens with two attached hydrogens (primary N) is 2. The largest absolute Gasteiger partial charge is 0.409 e. The fourth-order valence-electron chi connectivity index (χ4n) is 5.17. The van der Waals surface area contributed by atoms with E-state index in [0.717, 1.165) is 22.3 Å². The van der Waals surface area contributed by atoms with Gasteiger partial charge in [0.1, 0.15) is 0 Å². The van der Waals surface area contributed by atoms with Crippen molar-refractivity contribution in [1.82, 2.24) is 3.97 Å². The highest BCUT2D eigenvalue weighted by Gasteiger charge is 2.24. The molecule has 0 spiro atoms. The van der Waals surface area contributed by atoms with E-state index < -0.39 is 10.0 Å². The highest BCUT2D eigenvalue weighted by Crippen LogP contribution is 2.38. The van der Waals surface area contributed by atoms with E-state index in [0.29, 0.717) is 38.0 Å². The van der Waals surface area contributed by atoms with E-state index in [9.17, 15) is 8.42 Å². The number of aromatic nitrogens is 1. The average molecular weight is 610 g/mol. The molecule has 1 heterocycles. The van der Waals surface area contributed by atoms with Crippen molar-refractivity contribution >= 4 is 55.1 Å². The van der Waals surface area contributed by atoms with Crippen LogP contribution in [0.25, 0.3) is 44.1 Å². The van der Waals surface area contributed by atoms with Crippen LogP contribution in [0.1, 0.15) is 11.1 Å². The van der Waals surface area contributed by atoms with Crippen LogP contribution in [0.4, 0.5) is 0 Å². The summed E-state index contributed by atoms with van der Waals surface area (Å²) in [6, 6.07) is 31.6. The number of halogens is 1. The summed E-state index contributed by atoms with van der Waals surface area (Å²) in [4.78, 5) is 0.0601. The summed E-state index contributed by atoms with van der Waals surface area (Å²) in [5.41, 5.74) is 16.9. The summed E-state index contributed by atoms with van der Waals surface area (Å²) in [6.45, 7) is 0. The van der Waals surface area contributed by atoms with E-state index in [4.69, 9.17) is 33.5 Å². The second-order valence-corrected chi connectivity index (χ2v) is 12.0. The van der Waals surface area contributed by atoms with Crippen molar-refractivity contribution in [3.05, 3.63) is 125 Å². The minimum Gasteiger partial charge on any atom is -0.409 e. The van der Waals surface area contributed by atoms with E-state index in [-0.39, 0.29) is 16.6 Å². The van der Waals surface area contributed by atoms with E-state index in [1.807, 2.05) is 36.4 Å². The molecule has 0 radical (unpaired) electrons. The smallest absolute Gasteiger partial charge is 0.268 e. The fourth-order valence-corrected chi connectivity index (χ4v) is 7.00. The summed E-state index contributed by atoms with van der Waals surface area (Å²) < 4.78 is 29.5. The van der Waals surface area contributed by atoms with Crippen LogP contribution < -0.4 is 11.5 Å². The van der Waals surface area contributed by atoms with Gasteiger partial charge < -0.3 is 21.9 Å². The first-order chi connectivity index (χ1) is 20.7. The summed E-state index contributed by atoms with van der Waals surface area (Å²) in [5.74, 6) is -0.0446. The SMILES string of the molecule is N/C(=N\O)c1cccc(-c2ccc3c(c2)c2cc(-c4cccc(/C(N)=N/O)c4)ccc2n3S(=O)(=O)c2cccc(Cl)c2)c1. The molecule has 6 N–H and O–H groups in total. The predicted molar refractivity (Wildman–Crippen MR) is 169 cm³/mol. The van der Waals surface area contributed by atoms with Gasteiger partial charge in [-0.15, -0.1) is 0 Å². The van der Waals surface area contributed by atoms with Crippen molar-refractivity contribution < 1.29 is 18.8 Å². The monoisotopic (exact) mass is 609 g/mol. The van der Waals surface area contributed by atoms with Gasteiger partial charge in [-0.3, -0.25) is 0 Å². The second kappa shape index (κ2) is 10.8. The van der Waals surface area contributed by atoms with Gasteiger partial charge in [-0.25, -0.2) is 12.4 Å². The maximum Gasteiger partial charge on any atom is 0.268 e. The Hall–Kier alpha value is -5.32. The first-order valence-electron chi connectivity index (χ1n) is 13.0. The van der Waals surface area contributed by atoms with Crippen molar-refractivity contribution in [3.8, 4) is 22.3 Å². The number of rotatable bonds is 6. The molecule has 1 aromatic heterocycles. The van der Waals surface area contributed by atoms with Crippen molar-refractivity contribution in [3.63, 3.8) is 0 Å². The van der Waals surface area contributed by atoms with Crippen LogP contribution in [-0.2, 0) is 10.0 Å². The Labute approximate surface area is 251 Å². The highest BCUT2D eigenvalue weighted by atomic mass is 35.5. The third-order valence-electron chi connectivity index (χ3n) is 7.25. The first-order valence-corrected chi connectivity index (χ1v) is 14.8. The van der Waals surface area contributed by atoms with E-state index >= 15 is 0 Å². The predicted octanol–water partition coefficient (Wildman–Crippen LogP) is 6.21. The molecular formula is C32H24ClN5O4S. The lowest BCUT2D eigenvalue weighted by Crippen LogP contribution is -2.13. The molecule has 0 saturated carbocycles. The first kappa shape index (κ1) is 27.8. The summed E-state index contributed by atoms with van der Waals surface area (Å²) in [6.07, 6.45) is 0. The van der Waals surface area contributed by atoms with Gasteiger partial charge in [0, 0.05) is 26.9 Å². The molecule has 214 valence electrons. The molecule has 0 bridgehead atoms. The molecule has 0 atom stereocenters. The second-order valence-electron chi connectivity index (χ2n) is 9.82. The number of hydrogen-bond acceptors (Lipinski definition) is 6. The van der Waals surface area contributed by atoms with Crippen molar-refractivity contribution in [2.75, 3.05) is 0 Å². The van der Waals surface area contributed by atoms with Crippen LogP contribution in [0.2, 0.25) is 5.02 Å². The number of oxime groups is 2. The quantitative estimate of drug-likeness (QED) is 0.0761. The lowest BCUT2D eigenvalue weighted by atomic mass is 9.98. The third kappa shape index (κ3) is 4.92. The van der Waals surface area contributed by atoms with Crippen molar-refractivity contribution in [2.24, 2.45) is 21.8 Å². The highest BCUT2D eigenvalue weighted by molar-refractivity contribution is 7.90. The Morgan fingerprint density at radius 2 is 1.09 bits per heavy atom. The number of hydrogen-bond donors (Lipinski definition) is 4.